The van der Waals surface area contributed by atoms with Crippen LogP contribution >= 0.6 is 15.9 Å². The van der Waals surface area contributed by atoms with E-state index in [1.165, 1.54) is 0 Å². The molecule has 11 heteroatoms. The molecule has 2 aromatic carbocycles. The van der Waals surface area contributed by atoms with E-state index in [9.17, 15) is 24.0 Å². The number of carbonyl (C=O) groups excluding carboxylic acids is 5. The molecule has 0 radical (unpaired) electrons. The Bertz CT molecular complexity index is 1690. The van der Waals surface area contributed by atoms with Gasteiger partial charge >= 0.3 is 0 Å². The first-order valence-electron chi connectivity index (χ1n) is 14.9. The average molecular weight is 673 g/mol. The third-order valence-corrected chi connectivity index (χ3v) is 8.37. The number of Topliss-reactive ketones (excluding diaryl/α,β-unsaturated/α-hetero) is 2. The topological polar surface area (TPSA) is 139 Å². The first kappa shape index (κ1) is 31.8. The molecule has 3 amide bonds. The van der Waals surface area contributed by atoms with E-state index in [4.69, 9.17) is 0 Å². The van der Waals surface area contributed by atoms with Gasteiger partial charge < -0.3 is 20.4 Å². The molecule has 0 spiro atoms. The summed E-state index contributed by atoms with van der Waals surface area (Å²) in [7, 11) is 0. The lowest BCUT2D eigenvalue weighted by molar-refractivity contribution is -0.141. The van der Waals surface area contributed by atoms with Gasteiger partial charge in [0.15, 0.2) is 5.78 Å². The van der Waals surface area contributed by atoms with Gasteiger partial charge in [-0.15, -0.1) is 0 Å². The lowest BCUT2D eigenvalue weighted by Crippen LogP contribution is -2.51. The Hall–Kier alpha value is -4.64. The highest BCUT2D eigenvalue weighted by Gasteiger charge is 2.35. The lowest BCUT2D eigenvalue weighted by Gasteiger charge is -2.27. The van der Waals surface area contributed by atoms with Crippen LogP contribution in [0.4, 0.5) is 0 Å². The number of aromatic nitrogens is 2. The molecule has 4 aromatic rings. The summed E-state index contributed by atoms with van der Waals surface area (Å²) < 4.78 is 2.55. The summed E-state index contributed by atoms with van der Waals surface area (Å²) in [4.78, 5) is 70.9. The normalized spacial score (nSPS) is 15.9. The van der Waals surface area contributed by atoms with Gasteiger partial charge in [0, 0.05) is 48.2 Å². The van der Waals surface area contributed by atoms with Crippen molar-refractivity contribution >= 4 is 50.9 Å². The number of imidazole rings is 1. The van der Waals surface area contributed by atoms with E-state index in [0.29, 0.717) is 18.6 Å². The van der Waals surface area contributed by atoms with Gasteiger partial charge in [0.25, 0.3) is 5.91 Å². The minimum Gasteiger partial charge on any atom is -0.356 e. The number of fused-ring (bicyclic) bond motifs is 1. The van der Waals surface area contributed by atoms with Gasteiger partial charge in [-0.3, -0.25) is 24.0 Å². The lowest BCUT2D eigenvalue weighted by atomic mass is 9.88. The highest BCUT2D eigenvalue weighted by Crippen LogP contribution is 2.21. The third kappa shape index (κ3) is 8.51. The van der Waals surface area contributed by atoms with Crippen LogP contribution in [0.1, 0.15) is 47.3 Å². The second kappa shape index (κ2) is 14.9. The van der Waals surface area contributed by atoms with E-state index < -0.39 is 35.5 Å². The van der Waals surface area contributed by atoms with Crippen molar-refractivity contribution in [3.63, 3.8) is 0 Å². The van der Waals surface area contributed by atoms with Crippen LogP contribution in [0, 0.1) is 11.8 Å². The maximum atomic E-state index is 13.9. The Labute approximate surface area is 269 Å². The smallest absolute Gasteiger partial charge is 0.289 e. The Morgan fingerprint density at radius 2 is 1.67 bits per heavy atom. The maximum Gasteiger partial charge on any atom is 0.289 e. The number of benzene rings is 2. The third-order valence-electron chi connectivity index (χ3n) is 7.90. The number of hydrogen-bond acceptors (Lipinski definition) is 6. The number of halogens is 1. The molecular weight excluding hydrogens is 638 g/mol. The molecule has 10 nitrogen and oxygen atoms in total. The molecule has 232 valence electrons. The summed E-state index contributed by atoms with van der Waals surface area (Å²) in [6.45, 7) is 0.676. The number of pyridine rings is 1. The summed E-state index contributed by atoms with van der Waals surface area (Å²) in [5.41, 5.74) is 2.44. The van der Waals surface area contributed by atoms with Crippen molar-refractivity contribution in [2.75, 3.05) is 6.54 Å². The Kier molecular flexibility index (Phi) is 10.5. The van der Waals surface area contributed by atoms with Crippen LogP contribution in [-0.4, -0.2) is 51.3 Å². The summed E-state index contributed by atoms with van der Waals surface area (Å²) in [5, 5.41) is 8.19. The van der Waals surface area contributed by atoms with Crippen LogP contribution in [0.3, 0.4) is 0 Å². The zero-order valence-corrected chi connectivity index (χ0v) is 26.2. The van der Waals surface area contributed by atoms with E-state index in [2.05, 4.69) is 36.9 Å². The molecule has 0 aliphatic carbocycles. The van der Waals surface area contributed by atoms with Gasteiger partial charge in [0.05, 0.1) is 6.04 Å². The van der Waals surface area contributed by atoms with E-state index >= 15 is 0 Å². The van der Waals surface area contributed by atoms with E-state index in [1.54, 1.807) is 22.9 Å². The Balaban J connectivity index is 1.36. The number of ketones is 2. The fourth-order valence-corrected chi connectivity index (χ4v) is 5.83. The predicted octanol–water partition coefficient (Wildman–Crippen LogP) is 3.82. The summed E-state index contributed by atoms with van der Waals surface area (Å²) >= 11 is 3.41. The average Bonchev–Trinajstić information content (AvgIpc) is 3.48. The zero-order chi connectivity index (χ0) is 31.8. The molecule has 2 aromatic heterocycles. The van der Waals surface area contributed by atoms with Crippen LogP contribution in [0.15, 0.2) is 89.7 Å². The van der Waals surface area contributed by atoms with Crippen molar-refractivity contribution < 1.29 is 24.0 Å². The van der Waals surface area contributed by atoms with E-state index in [0.717, 1.165) is 22.0 Å². The molecule has 0 saturated carbocycles. The number of nitrogens with zero attached hydrogens (tertiary/aromatic N) is 2. The monoisotopic (exact) mass is 671 g/mol. The number of hydrogen-bond donors (Lipinski definition) is 3. The SMILES string of the molecule is O=C(NCc1ccccc1)C(=O)[C@H](C[C@@H]1CCCNC1=O)NC(=O)[C@@H](CC(=O)c1cn2cc(Br)ccc2n1)Cc1ccccc1. The van der Waals surface area contributed by atoms with Gasteiger partial charge in [-0.25, -0.2) is 4.98 Å². The van der Waals surface area contributed by atoms with Crippen LogP contribution in [-0.2, 0) is 32.1 Å². The molecule has 5 rings (SSSR count). The molecule has 1 saturated heterocycles. The van der Waals surface area contributed by atoms with Crippen LogP contribution in [0.5, 0.6) is 0 Å². The van der Waals surface area contributed by atoms with Gasteiger partial charge in [0.2, 0.25) is 17.6 Å². The molecule has 3 heterocycles. The van der Waals surface area contributed by atoms with Crippen molar-refractivity contribution in [3.8, 4) is 0 Å². The summed E-state index contributed by atoms with van der Waals surface area (Å²) in [6.07, 6.45) is 4.69. The highest BCUT2D eigenvalue weighted by atomic mass is 79.9. The molecule has 1 aliphatic heterocycles. The second-order valence-corrected chi connectivity index (χ2v) is 12.1. The minimum atomic E-state index is -1.25. The quantitative estimate of drug-likeness (QED) is 0.146. The Morgan fingerprint density at radius 3 is 2.38 bits per heavy atom. The molecule has 3 atom stereocenters. The van der Waals surface area contributed by atoms with Crippen molar-refractivity contribution in [3.05, 3.63) is 106 Å². The van der Waals surface area contributed by atoms with Crippen molar-refractivity contribution in [1.82, 2.24) is 25.3 Å². The molecule has 3 N–H and O–H groups in total. The second-order valence-electron chi connectivity index (χ2n) is 11.2. The van der Waals surface area contributed by atoms with Crippen LogP contribution in [0.2, 0.25) is 0 Å². The fourth-order valence-electron chi connectivity index (χ4n) is 5.47. The predicted molar refractivity (Wildman–Crippen MR) is 171 cm³/mol. The van der Waals surface area contributed by atoms with Gasteiger partial charge in [-0.1, -0.05) is 60.7 Å². The van der Waals surface area contributed by atoms with Crippen molar-refractivity contribution in [2.24, 2.45) is 11.8 Å². The number of carbonyl (C=O) groups is 5. The van der Waals surface area contributed by atoms with Gasteiger partial charge in [-0.2, -0.15) is 0 Å². The standard InChI is InChI=1S/C34H34BrN5O5/c35-26-13-14-30-38-28(21-40(30)20-26)29(41)18-25(16-22-8-3-1-4-9-22)33(44)39-27(17-24-12-7-15-36-32(24)43)31(42)34(45)37-19-23-10-5-2-6-11-23/h1-6,8-11,13-14,20-21,24-25,27H,7,12,15-19H2,(H,36,43)(H,37,45)(H,39,44)/t24-,25+,27-/m0/s1. The fraction of sp³-hybridized carbons (Fsp3) is 0.294. The number of rotatable bonds is 13. The highest BCUT2D eigenvalue weighted by molar-refractivity contribution is 9.10. The molecule has 45 heavy (non-hydrogen) atoms. The molecule has 0 unspecified atom stereocenters. The number of piperidine rings is 1. The van der Waals surface area contributed by atoms with Crippen molar-refractivity contribution in [1.29, 1.82) is 0 Å². The molecular formula is C34H34BrN5O5. The Morgan fingerprint density at radius 1 is 0.956 bits per heavy atom. The van der Waals surface area contributed by atoms with Crippen molar-refractivity contribution in [2.45, 2.75) is 44.7 Å². The molecule has 0 bridgehead atoms. The maximum absolute atomic E-state index is 13.9. The minimum absolute atomic E-state index is 0.0253. The summed E-state index contributed by atoms with van der Waals surface area (Å²) in [5.74, 6) is -4.20. The molecule has 1 fully saturated rings. The van der Waals surface area contributed by atoms with Crippen LogP contribution < -0.4 is 16.0 Å². The number of amides is 3. The van der Waals surface area contributed by atoms with Crippen LogP contribution in [0.25, 0.3) is 5.65 Å². The van der Waals surface area contributed by atoms with Gasteiger partial charge in [0.1, 0.15) is 11.3 Å². The summed E-state index contributed by atoms with van der Waals surface area (Å²) in [6, 6.07) is 20.8. The first-order valence-corrected chi connectivity index (χ1v) is 15.7. The molecule has 1 aliphatic rings. The zero-order valence-electron chi connectivity index (χ0n) is 24.6. The largest absolute Gasteiger partial charge is 0.356 e. The first-order chi connectivity index (χ1) is 21.8. The number of nitrogens with one attached hydrogen (secondary N) is 3. The van der Waals surface area contributed by atoms with E-state index in [1.807, 2.05) is 66.7 Å². The van der Waals surface area contributed by atoms with E-state index in [-0.39, 0.29) is 43.2 Å². The van der Waals surface area contributed by atoms with Gasteiger partial charge in [-0.05, 0) is 64.9 Å².